The van der Waals surface area contributed by atoms with Gasteiger partial charge in [0.05, 0.1) is 17.3 Å². The molecule has 1 aromatic heterocycles. The third-order valence-corrected chi connectivity index (χ3v) is 2.34. The lowest BCUT2D eigenvalue weighted by Gasteiger charge is -2.10. The molecule has 1 amide bonds. The van der Waals surface area contributed by atoms with Crippen LogP contribution < -0.4 is 5.32 Å². The molecule has 0 aliphatic rings. The van der Waals surface area contributed by atoms with Gasteiger partial charge in [-0.2, -0.15) is 5.26 Å². The number of amides is 1. The summed E-state index contributed by atoms with van der Waals surface area (Å²) in [6, 6.07) is 5.11. The fraction of sp³-hybridized carbons (Fsp3) is 0.417. The summed E-state index contributed by atoms with van der Waals surface area (Å²) in [4.78, 5) is 16.0. The number of nitrogens with zero attached hydrogens (tertiary/aromatic N) is 2. The lowest BCUT2D eigenvalue weighted by Crippen LogP contribution is -2.33. The second kappa shape index (κ2) is 5.26. The van der Waals surface area contributed by atoms with E-state index in [1.807, 2.05) is 19.9 Å². The lowest BCUT2D eigenvalue weighted by atomic mass is 10.1. The van der Waals surface area contributed by atoms with E-state index in [4.69, 9.17) is 5.26 Å². The summed E-state index contributed by atoms with van der Waals surface area (Å²) in [5, 5.41) is 11.4. The maximum absolute atomic E-state index is 11.8. The standard InChI is InChI=1S/C12H15N3O/c1-4-10(7-13)15-12(16)11-6-5-8(2)14-9(11)3/h5-6,10H,4H2,1-3H3,(H,15,16). The number of hydrogen-bond acceptors (Lipinski definition) is 3. The molecule has 0 spiro atoms. The minimum Gasteiger partial charge on any atom is -0.336 e. The van der Waals surface area contributed by atoms with Gasteiger partial charge in [-0.1, -0.05) is 6.92 Å². The summed E-state index contributed by atoms with van der Waals surface area (Å²) in [7, 11) is 0. The van der Waals surface area contributed by atoms with Crippen molar-refractivity contribution in [2.24, 2.45) is 0 Å². The van der Waals surface area contributed by atoms with Crippen molar-refractivity contribution in [3.05, 3.63) is 29.1 Å². The second-order valence-electron chi connectivity index (χ2n) is 3.65. The summed E-state index contributed by atoms with van der Waals surface area (Å²) in [6.45, 7) is 5.52. The summed E-state index contributed by atoms with van der Waals surface area (Å²) >= 11 is 0. The Bertz CT molecular complexity index is 434. The summed E-state index contributed by atoms with van der Waals surface area (Å²) < 4.78 is 0. The van der Waals surface area contributed by atoms with Crippen molar-refractivity contribution in [2.75, 3.05) is 0 Å². The fourth-order valence-electron chi connectivity index (χ4n) is 1.39. The second-order valence-corrected chi connectivity index (χ2v) is 3.65. The van der Waals surface area contributed by atoms with Crippen molar-refractivity contribution < 1.29 is 4.79 Å². The van der Waals surface area contributed by atoms with Gasteiger partial charge < -0.3 is 5.32 Å². The van der Waals surface area contributed by atoms with Crippen LogP contribution in [0.3, 0.4) is 0 Å². The topological polar surface area (TPSA) is 65.8 Å². The Hall–Kier alpha value is -1.89. The Morgan fingerprint density at radius 3 is 2.75 bits per heavy atom. The zero-order chi connectivity index (χ0) is 12.1. The first-order valence-electron chi connectivity index (χ1n) is 5.23. The molecule has 0 saturated heterocycles. The molecule has 0 radical (unpaired) electrons. The van der Waals surface area contributed by atoms with E-state index >= 15 is 0 Å². The maximum Gasteiger partial charge on any atom is 0.254 e. The molecule has 1 unspecified atom stereocenters. The van der Waals surface area contributed by atoms with Crippen LogP contribution in [-0.4, -0.2) is 16.9 Å². The smallest absolute Gasteiger partial charge is 0.254 e. The number of carbonyl (C=O) groups is 1. The van der Waals surface area contributed by atoms with Gasteiger partial charge in [0.15, 0.2) is 0 Å². The Labute approximate surface area is 95.3 Å². The Morgan fingerprint density at radius 2 is 2.25 bits per heavy atom. The SMILES string of the molecule is CCC(C#N)NC(=O)c1ccc(C)nc1C. The van der Waals surface area contributed by atoms with Gasteiger partial charge in [-0.15, -0.1) is 0 Å². The van der Waals surface area contributed by atoms with Crippen LogP contribution in [0.4, 0.5) is 0 Å². The largest absolute Gasteiger partial charge is 0.336 e. The first-order chi connectivity index (χ1) is 7.58. The molecule has 0 aliphatic heterocycles. The number of nitrogens with one attached hydrogen (secondary N) is 1. The van der Waals surface area contributed by atoms with Crippen LogP contribution >= 0.6 is 0 Å². The van der Waals surface area contributed by atoms with Crippen molar-refractivity contribution >= 4 is 5.91 Å². The average Bonchev–Trinajstić information content (AvgIpc) is 2.25. The average molecular weight is 217 g/mol. The molecule has 0 aromatic carbocycles. The summed E-state index contributed by atoms with van der Waals surface area (Å²) in [6.07, 6.45) is 0.598. The zero-order valence-electron chi connectivity index (χ0n) is 9.74. The highest BCUT2D eigenvalue weighted by atomic mass is 16.1. The monoisotopic (exact) mass is 217 g/mol. The molecule has 1 rings (SSSR count). The number of carbonyl (C=O) groups excluding carboxylic acids is 1. The Morgan fingerprint density at radius 1 is 1.56 bits per heavy atom. The van der Waals surface area contributed by atoms with Crippen LogP contribution in [-0.2, 0) is 0 Å². The summed E-state index contributed by atoms with van der Waals surface area (Å²) in [5.41, 5.74) is 2.09. The van der Waals surface area contributed by atoms with Crippen LogP contribution in [0.2, 0.25) is 0 Å². The van der Waals surface area contributed by atoms with E-state index in [0.717, 1.165) is 5.69 Å². The molecule has 1 aromatic rings. The van der Waals surface area contributed by atoms with E-state index in [1.165, 1.54) is 0 Å². The van der Waals surface area contributed by atoms with Crippen molar-refractivity contribution in [1.82, 2.24) is 10.3 Å². The number of nitriles is 1. The number of pyridine rings is 1. The minimum atomic E-state index is -0.437. The fourth-order valence-corrected chi connectivity index (χ4v) is 1.39. The molecule has 1 atom stereocenters. The molecule has 0 aliphatic carbocycles. The molecule has 0 bridgehead atoms. The van der Waals surface area contributed by atoms with Crippen molar-refractivity contribution in [2.45, 2.75) is 33.2 Å². The minimum absolute atomic E-state index is 0.238. The van der Waals surface area contributed by atoms with E-state index in [1.54, 1.807) is 19.1 Å². The molecular formula is C12H15N3O. The van der Waals surface area contributed by atoms with Gasteiger partial charge in [0, 0.05) is 5.69 Å². The predicted octanol–water partition coefficient (Wildman–Crippen LogP) is 1.73. The number of aromatic nitrogens is 1. The van der Waals surface area contributed by atoms with Gasteiger partial charge >= 0.3 is 0 Å². The van der Waals surface area contributed by atoms with Crippen molar-refractivity contribution in [3.63, 3.8) is 0 Å². The molecule has 0 saturated carbocycles. The molecule has 4 nitrogen and oxygen atoms in total. The highest BCUT2D eigenvalue weighted by molar-refractivity contribution is 5.95. The van der Waals surface area contributed by atoms with Crippen LogP contribution in [0.1, 0.15) is 35.1 Å². The molecule has 16 heavy (non-hydrogen) atoms. The van der Waals surface area contributed by atoms with Gasteiger partial charge in [0.25, 0.3) is 5.91 Å². The van der Waals surface area contributed by atoms with E-state index in [-0.39, 0.29) is 5.91 Å². The van der Waals surface area contributed by atoms with Crippen LogP contribution in [0, 0.1) is 25.2 Å². The van der Waals surface area contributed by atoms with Crippen LogP contribution in [0.15, 0.2) is 12.1 Å². The zero-order valence-corrected chi connectivity index (χ0v) is 9.74. The molecule has 0 fully saturated rings. The Kier molecular flexibility index (Phi) is 4.01. The van der Waals surface area contributed by atoms with Crippen molar-refractivity contribution in [1.29, 1.82) is 5.26 Å². The quantitative estimate of drug-likeness (QED) is 0.838. The first-order valence-corrected chi connectivity index (χ1v) is 5.23. The number of aryl methyl sites for hydroxylation is 2. The van der Waals surface area contributed by atoms with Gasteiger partial charge in [-0.25, -0.2) is 0 Å². The third-order valence-electron chi connectivity index (χ3n) is 2.34. The van der Waals surface area contributed by atoms with E-state index < -0.39 is 6.04 Å². The number of hydrogen-bond donors (Lipinski definition) is 1. The Balaban J connectivity index is 2.85. The number of rotatable bonds is 3. The maximum atomic E-state index is 11.8. The molecule has 1 N–H and O–H groups in total. The summed E-state index contributed by atoms with van der Waals surface area (Å²) in [5.74, 6) is -0.238. The molecule has 84 valence electrons. The van der Waals surface area contributed by atoms with E-state index in [0.29, 0.717) is 17.7 Å². The van der Waals surface area contributed by atoms with Crippen molar-refractivity contribution in [3.8, 4) is 6.07 Å². The van der Waals surface area contributed by atoms with Gasteiger partial charge in [0.2, 0.25) is 0 Å². The first kappa shape index (κ1) is 12.2. The van der Waals surface area contributed by atoms with E-state index in [9.17, 15) is 4.79 Å². The van der Waals surface area contributed by atoms with Gasteiger partial charge in [-0.3, -0.25) is 9.78 Å². The van der Waals surface area contributed by atoms with E-state index in [2.05, 4.69) is 10.3 Å². The highest BCUT2D eigenvalue weighted by Gasteiger charge is 2.13. The van der Waals surface area contributed by atoms with Gasteiger partial charge in [-0.05, 0) is 32.4 Å². The van der Waals surface area contributed by atoms with Gasteiger partial charge in [0.1, 0.15) is 6.04 Å². The molecular weight excluding hydrogens is 202 g/mol. The van der Waals surface area contributed by atoms with Crippen LogP contribution in [0.25, 0.3) is 0 Å². The third kappa shape index (κ3) is 2.80. The normalized spacial score (nSPS) is 11.6. The molecule has 4 heteroatoms. The molecule has 1 heterocycles. The lowest BCUT2D eigenvalue weighted by molar-refractivity contribution is 0.0943. The highest BCUT2D eigenvalue weighted by Crippen LogP contribution is 2.06. The van der Waals surface area contributed by atoms with Crippen LogP contribution in [0.5, 0.6) is 0 Å². The predicted molar refractivity (Wildman–Crippen MR) is 60.9 cm³/mol.